The van der Waals surface area contributed by atoms with E-state index < -0.39 is 5.60 Å². The predicted octanol–water partition coefficient (Wildman–Crippen LogP) is 3.14. The van der Waals surface area contributed by atoms with Gasteiger partial charge in [0, 0.05) is 39.5 Å². The van der Waals surface area contributed by atoms with Crippen molar-refractivity contribution in [3.05, 3.63) is 0 Å². The first-order valence-corrected chi connectivity index (χ1v) is 10.9. The molecule has 0 aromatic heterocycles. The largest absolute Gasteiger partial charge is 0.372 e. The van der Waals surface area contributed by atoms with Gasteiger partial charge in [0.15, 0.2) is 0 Å². The normalized spacial score (nSPS) is 56.3. The van der Waals surface area contributed by atoms with Crippen LogP contribution in [0.25, 0.3) is 0 Å². The van der Waals surface area contributed by atoms with Crippen LogP contribution in [-0.4, -0.2) is 61.0 Å². The molecule has 5 heterocycles. The van der Waals surface area contributed by atoms with Crippen molar-refractivity contribution in [3.8, 4) is 0 Å². The van der Waals surface area contributed by atoms with E-state index in [-0.39, 0.29) is 22.4 Å². The van der Waals surface area contributed by atoms with Crippen molar-refractivity contribution in [2.75, 3.05) is 33.0 Å². The summed E-state index contributed by atoms with van der Waals surface area (Å²) >= 11 is 0. The fraction of sp³-hybridized carbons (Fsp3) is 1.00. The van der Waals surface area contributed by atoms with Gasteiger partial charge < -0.3 is 23.7 Å². The summed E-state index contributed by atoms with van der Waals surface area (Å²) in [5, 5.41) is 0. The topological polar surface area (TPSA) is 46.2 Å². The van der Waals surface area contributed by atoms with Crippen molar-refractivity contribution in [2.45, 2.75) is 98.6 Å². The molecule has 0 aromatic carbocycles. The zero-order valence-electron chi connectivity index (χ0n) is 15.9. The molecule has 1 aliphatic carbocycles. The van der Waals surface area contributed by atoms with Crippen LogP contribution >= 0.6 is 0 Å². The van der Waals surface area contributed by atoms with Crippen molar-refractivity contribution in [1.82, 2.24) is 0 Å². The van der Waals surface area contributed by atoms with Crippen molar-refractivity contribution >= 4 is 0 Å². The average Bonchev–Trinajstić information content (AvgIpc) is 3.44. The maximum Gasteiger partial charge on any atom is 0.132 e. The van der Waals surface area contributed by atoms with Crippen molar-refractivity contribution in [2.24, 2.45) is 0 Å². The van der Waals surface area contributed by atoms with E-state index in [1.165, 1.54) is 0 Å². The molecule has 5 nitrogen and oxygen atoms in total. The summed E-state index contributed by atoms with van der Waals surface area (Å²) < 4.78 is 33.7. The predicted molar refractivity (Wildman–Crippen MR) is 94.2 cm³/mol. The molecule has 26 heavy (non-hydrogen) atoms. The van der Waals surface area contributed by atoms with E-state index in [4.69, 9.17) is 23.7 Å². The Bertz CT molecular complexity index is 513. The van der Waals surface area contributed by atoms with Crippen LogP contribution in [0.3, 0.4) is 0 Å². The van der Waals surface area contributed by atoms with Crippen LogP contribution in [-0.2, 0) is 23.7 Å². The second-order valence-electron chi connectivity index (χ2n) is 9.41. The lowest BCUT2D eigenvalue weighted by Crippen LogP contribution is -2.85. The molecule has 6 fully saturated rings. The standard InChI is InChI=1S/C21H32O5/c1-6-17(22-11-1)16-18(7-2-12-23-18)20(9-4-14-25-20)21(10-5-15-26-21)19(17)8-3-13-24-19/h1-16H2/t17-,18+,19+,20-,21?. The Morgan fingerprint density at radius 2 is 0.769 bits per heavy atom. The summed E-state index contributed by atoms with van der Waals surface area (Å²) in [5.74, 6) is 0. The van der Waals surface area contributed by atoms with Crippen LogP contribution < -0.4 is 0 Å². The van der Waals surface area contributed by atoms with Gasteiger partial charge in [-0.1, -0.05) is 0 Å². The molecule has 0 aromatic rings. The maximum absolute atomic E-state index is 6.82. The first-order chi connectivity index (χ1) is 12.7. The third kappa shape index (κ3) is 1.64. The minimum atomic E-state index is -0.417. The Labute approximate surface area is 156 Å². The SMILES string of the molecule is C1COC2(C1)[C@@]1(CCCO1)[C@]1(CCCO1)C[C@]1(CCCO1)[C@@]21CCCO1. The highest BCUT2D eigenvalue weighted by Gasteiger charge is 2.85. The molecule has 146 valence electrons. The smallest absolute Gasteiger partial charge is 0.132 e. The molecule has 1 unspecified atom stereocenters. The van der Waals surface area contributed by atoms with Gasteiger partial charge >= 0.3 is 0 Å². The second kappa shape index (κ2) is 5.44. The Morgan fingerprint density at radius 1 is 0.385 bits per heavy atom. The Hall–Kier alpha value is -0.200. The lowest BCUT2D eigenvalue weighted by Gasteiger charge is -2.69. The van der Waals surface area contributed by atoms with Crippen molar-refractivity contribution in [3.63, 3.8) is 0 Å². The van der Waals surface area contributed by atoms with Crippen molar-refractivity contribution in [1.29, 1.82) is 0 Å². The van der Waals surface area contributed by atoms with Gasteiger partial charge in [0.25, 0.3) is 0 Å². The monoisotopic (exact) mass is 364 g/mol. The quantitative estimate of drug-likeness (QED) is 0.661. The molecule has 1 saturated carbocycles. The van der Waals surface area contributed by atoms with Gasteiger partial charge in [-0.3, -0.25) is 0 Å². The summed E-state index contributed by atoms with van der Waals surface area (Å²) in [6, 6.07) is 0. The highest BCUT2D eigenvalue weighted by Crippen LogP contribution is 2.71. The Balaban J connectivity index is 1.61. The average molecular weight is 364 g/mol. The third-order valence-corrected chi connectivity index (χ3v) is 8.62. The molecular weight excluding hydrogens is 332 g/mol. The molecular formula is C21H32O5. The van der Waals surface area contributed by atoms with Gasteiger partial charge in [0.2, 0.25) is 0 Å². The highest BCUT2D eigenvalue weighted by molar-refractivity contribution is 5.35. The van der Waals surface area contributed by atoms with E-state index >= 15 is 0 Å². The van der Waals surface area contributed by atoms with Gasteiger partial charge in [-0.2, -0.15) is 0 Å². The summed E-state index contributed by atoms with van der Waals surface area (Å²) in [6.45, 7) is 4.12. The van der Waals surface area contributed by atoms with Gasteiger partial charge in [-0.25, -0.2) is 0 Å². The number of hydrogen-bond donors (Lipinski definition) is 0. The minimum absolute atomic E-state index is 0.268. The third-order valence-electron chi connectivity index (χ3n) is 8.62. The minimum Gasteiger partial charge on any atom is -0.372 e. The molecule has 5 atom stereocenters. The molecule has 0 radical (unpaired) electrons. The fourth-order valence-corrected chi connectivity index (χ4v) is 8.03. The zero-order valence-corrected chi connectivity index (χ0v) is 15.9. The second-order valence-corrected chi connectivity index (χ2v) is 9.41. The number of fused-ring (bicyclic) bond motifs is 4. The van der Waals surface area contributed by atoms with Crippen LogP contribution in [0.2, 0.25) is 0 Å². The molecule has 5 heteroatoms. The molecule has 6 rings (SSSR count). The van der Waals surface area contributed by atoms with Crippen molar-refractivity contribution < 1.29 is 23.7 Å². The zero-order chi connectivity index (χ0) is 17.3. The molecule has 0 N–H and O–H groups in total. The van der Waals surface area contributed by atoms with Gasteiger partial charge in [0.1, 0.15) is 28.0 Å². The van der Waals surface area contributed by atoms with Crippen LogP contribution in [0.1, 0.15) is 70.6 Å². The Morgan fingerprint density at radius 3 is 1.12 bits per heavy atom. The summed E-state index contributed by atoms with van der Waals surface area (Å²) in [6.07, 6.45) is 11.7. The highest BCUT2D eigenvalue weighted by atomic mass is 16.6. The number of ether oxygens (including phenoxy) is 5. The van der Waals surface area contributed by atoms with Crippen LogP contribution in [0.4, 0.5) is 0 Å². The molecule has 5 spiro atoms. The van der Waals surface area contributed by atoms with E-state index in [0.29, 0.717) is 0 Å². The lowest BCUT2D eigenvalue weighted by atomic mass is 9.47. The summed E-state index contributed by atoms with van der Waals surface area (Å²) in [7, 11) is 0. The van der Waals surface area contributed by atoms with Crippen LogP contribution in [0.5, 0.6) is 0 Å². The molecule has 0 bridgehead atoms. The van der Waals surface area contributed by atoms with E-state index in [1.54, 1.807) is 0 Å². The van der Waals surface area contributed by atoms with Gasteiger partial charge in [-0.15, -0.1) is 0 Å². The fourth-order valence-electron chi connectivity index (χ4n) is 8.03. The van der Waals surface area contributed by atoms with Crippen LogP contribution in [0.15, 0.2) is 0 Å². The van der Waals surface area contributed by atoms with Gasteiger partial charge in [-0.05, 0) is 64.2 Å². The number of hydrogen-bond acceptors (Lipinski definition) is 5. The van der Waals surface area contributed by atoms with E-state index in [2.05, 4.69) is 0 Å². The van der Waals surface area contributed by atoms with E-state index in [9.17, 15) is 0 Å². The molecule has 6 aliphatic rings. The van der Waals surface area contributed by atoms with Crippen LogP contribution in [0, 0.1) is 0 Å². The lowest BCUT2D eigenvalue weighted by molar-refractivity contribution is -0.380. The first-order valence-electron chi connectivity index (χ1n) is 10.9. The first kappa shape index (κ1) is 16.7. The Kier molecular flexibility index (Phi) is 3.50. The van der Waals surface area contributed by atoms with Gasteiger partial charge in [0.05, 0.1) is 0 Å². The maximum atomic E-state index is 6.82. The number of rotatable bonds is 0. The molecule has 5 aliphatic heterocycles. The molecule has 0 amide bonds. The van der Waals surface area contributed by atoms with E-state index in [0.717, 1.165) is 104 Å². The summed E-state index contributed by atoms with van der Waals surface area (Å²) in [5.41, 5.74) is -1.69. The summed E-state index contributed by atoms with van der Waals surface area (Å²) in [4.78, 5) is 0. The molecule has 5 saturated heterocycles. The van der Waals surface area contributed by atoms with E-state index in [1.807, 2.05) is 0 Å².